The molecular formula is C26H20N2O6. The predicted molar refractivity (Wildman–Crippen MR) is 125 cm³/mol. The van der Waals surface area contributed by atoms with Crippen molar-refractivity contribution in [3.8, 4) is 17.6 Å². The molecule has 0 spiro atoms. The average molecular weight is 456 g/mol. The van der Waals surface area contributed by atoms with E-state index in [4.69, 9.17) is 14.6 Å². The van der Waals surface area contributed by atoms with Crippen molar-refractivity contribution in [1.82, 2.24) is 0 Å². The van der Waals surface area contributed by atoms with E-state index in [-0.39, 0.29) is 22.6 Å². The lowest BCUT2D eigenvalue weighted by Crippen LogP contribution is -2.13. The minimum Gasteiger partial charge on any atom is -0.493 e. The van der Waals surface area contributed by atoms with Gasteiger partial charge in [0.15, 0.2) is 11.5 Å². The molecule has 0 bridgehead atoms. The number of ether oxygens (including phenoxy) is 2. The SMILES string of the molecule is COc1cc(/C=C(\C#N)C(=O)Nc2ccc(C(=O)O)cc2)ccc1OC(=O)c1ccc(C)cc1. The Morgan fingerprint density at radius 2 is 1.59 bits per heavy atom. The Morgan fingerprint density at radius 1 is 0.941 bits per heavy atom. The molecule has 170 valence electrons. The van der Waals surface area contributed by atoms with E-state index in [2.05, 4.69) is 5.32 Å². The van der Waals surface area contributed by atoms with Gasteiger partial charge in [0.1, 0.15) is 11.6 Å². The summed E-state index contributed by atoms with van der Waals surface area (Å²) in [5, 5.41) is 20.9. The number of carbonyl (C=O) groups is 3. The van der Waals surface area contributed by atoms with Crippen LogP contribution in [0, 0.1) is 18.3 Å². The van der Waals surface area contributed by atoms with Crippen LogP contribution < -0.4 is 14.8 Å². The summed E-state index contributed by atoms with van der Waals surface area (Å²) in [6.45, 7) is 1.91. The van der Waals surface area contributed by atoms with Crippen molar-refractivity contribution in [3.63, 3.8) is 0 Å². The average Bonchev–Trinajstić information content (AvgIpc) is 2.83. The number of amides is 1. The van der Waals surface area contributed by atoms with Gasteiger partial charge in [0.2, 0.25) is 0 Å². The maximum atomic E-state index is 12.5. The van der Waals surface area contributed by atoms with Gasteiger partial charge >= 0.3 is 11.9 Å². The van der Waals surface area contributed by atoms with Crippen molar-refractivity contribution in [2.75, 3.05) is 12.4 Å². The van der Waals surface area contributed by atoms with Crippen LogP contribution in [0.3, 0.4) is 0 Å². The smallest absolute Gasteiger partial charge is 0.343 e. The highest BCUT2D eigenvalue weighted by molar-refractivity contribution is 6.09. The number of carboxylic acid groups (broad SMARTS) is 1. The molecule has 3 aromatic rings. The number of methoxy groups -OCH3 is 1. The first-order valence-electron chi connectivity index (χ1n) is 10.0. The summed E-state index contributed by atoms with van der Waals surface area (Å²) in [6, 6.07) is 18.9. The number of nitrogens with zero attached hydrogens (tertiary/aromatic N) is 1. The van der Waals surface area contributed by atoms with Crippen LogP contribution in [0.4, 0.5) is 5.69 Å². The molecule has 0 unspecified atom stereocenters. The molecular weight excluding hydrogens is 436 g/mol. The Hall–Kier alpha value is -4.90. The first-order chi connectivity index (χ1) is 16.3. The van der Waals surface area contributed by atoms with Gasteiger partial charge in [-0.15, -0.1) is 0 Å². The normalized spacial score (nSPS) is 10.7. The number of aromatic carboxylic acids is 1. The lowest BCUT2D eigenvalue weighted by atomic mass is 10.1. The van der Waals surface area contributed by atoms with Gasteiger partial charge in [-0.2, -0.15) is 5.26 Å². The summed E-state index contributed by atoms with van der Waals surface area (Å²) in [6.07, 6.45) is 1.36. The van der Waals surface area contributed by atoms with E-state index in [1.165, 1.54) is 49.6 Å². The molecule has 0 heterocycles. The summed E-state index contributed by atoms with van der Waals surface area (Å²) in [7, 11) is 1.41. The van der Waals surface area contributed by atoms with E-state index >= 15 is 0 Å². The molecule has 8 nitrogen and oxygen atoms in total. The Kier molecular flexibility index (Phi) is 7.41. The van der Waals surface area contributed by atoms with Crippen LogP contribution in [0.15, 0.2) is 72.3 Å². The number of anilines is 1. The summed E-state index contributed by atoms with van der Waals surface area (Å²) >= 11 is 0. The molecule has 0 aliphatic carbocycles. The Bertz CT molecular complexity index is 1300. The molecule has 34 heavy (non-hydrogen) atoms. The number of hydrogen-bond donors (Lipinski definition) is 2. The third-order valence-corrected chi connectivity index (χ3v) is 4.74. The first-order valence-corrected chi connectivity index (χ1v) is 10.0. The largest absolute Gasteiger partial charge is 0.493 e. The molecule has 0 aliphatic heterocycles. The molecule has 2 N–H and O–H groups in total. The number of benzene rings is 3. The lowest BCUT2D eigenvalue weighted by molar-refractivity contribution is -0.112. The molecule has 0 aliphatic rings. The molecule has 3 aromatic carbocycles. The zero-order valence-electron chi connectivity index (χ0n) is 18.4. The maximum Gasteiger partial charge on any atom is 0.343 e. The third-order valence-electron chi connectivity index (χ3n) is 4.74. The van der Waals surface area contributed by atoms with Crippen molar-refractivity contribution < 1.29 is 29.0 Å². The second-order valence-corrected chi connectivity index (χ2v) is 7.17. The zero-order valence-corrected chi connectivity index (χ0v) is 18.4. The van der Waals surface area contributed by atoms with Crippen LogP contribution in [0.1, 0.15) is 31.8 Å². The topological polar surface area (TPSA) is 126 Å². The third kappa shape index (κ3) is 5.87. The summed E-state index contributed by atoms with van der Waals surface area (Å²) in [5.41, 5.74) is 2.10. The molecule has 0 fully saturated rings. The Labute approximate surface area is 195 Å². The molecule has 0 saturated heterocycles. The van der Waals surface area contributed by atoms with Crippen LogP contribution in [-0.2, 0) is 4.79 Å². The minimum atomic E-state index is -1.09. The number of nitriles is 1. The molecule has 8 heteroatoms. The van der Waals surface area contributed by atoms with Crippen LogP contribution in [-0.4, -0.2) is 30.1 Å². The molecule has 0 aromatic heterocycles. The van der Waals surface area contributed by atoms with Crippen molar-refractivity contribution in [3.05, 3.63) is 94.6 Å². The van der Waals surface area contributed by atoms with Crippen molar-refractivity contribution in [2.45, 2.75) is 6.92 Å². The van der Waals surface area contributed by atoms with E-state index in [0.717, 1.165) is 5.56 Å². The highest BCUT2D eigenvalue weighted by Crippen LogP contribution is 2.30. The second-order valence-electron chi connectivity index (χ2n) is 7.17. The number of esters is 1. The maximum absolute atomic E-state index is 12.5. The molecule has 1 amide bonds. The summed E-state index contributed by atoms with van der Waals surface area (Å²) in [4.78, 5) is 35.8. The van der Waals surface area contributed by atoms with Gasteiger partial charge < -0.3 is 19.9 Å². The van der Waals surface area contributed by atoms with Crippen molar-refractivity contribution >= 4 is 29.6 Å². The van der Waals surface area contributed by atoms with Gasteiger partial charge in [-0.1, -0.05) is 23.8 Å². The van der Waals surface area contributed by atoms with E-state index < -0.39 is 17.8 Å². The van der Waals surface area contributed by atoms with Gasteiger partial charge in [0.05, 0.1) is 18.2 Å². The number of nitrogens with one attached hydrogen (secondary N) is 1. The van der Waals surface area contributed by atoms with Crippen LogP contribution in [0.25, 0.3) is 6.08 Å². The summed E-state index contributed by atoms with van der Waals surface area (Å²) < 4.78 is 10.7. The fourth-order valence-electron chi connectivity index (χ4n) is 2.92. The second kappa shape index (κ2) is 10.6. The molecule has 0 saturated carbocycles. The quantitative estimate of drug-likeness (QED) is 0.233. The number of carboxylic acids is 1. The van der Waals surface area contributed by atoms with Crippen LogP contribution in [0.2, 0.25) is 0 Å². The van der Waals surface area contributed by atoms with Crippen molar-refractivity contribution in [1.29, 1.82) is 5.26 Å². The van der Waals surface area contributed by atoms with Gasteiger partial charge in [0.25, 0.3) is 5.91 Å². The first kappa shape index (κ1) is 23.8. The fourth-order valence-corrected chi connectivity index (χ4v) is 2.92. The molecule has 3 rings (SSSR count). The number of carbonyl (C=O) groups excluding carboxylic acids is 2. The van der Waals surface area contributed by atoms with Gasteiger partial charge in [0, 0.05) is 5.69 Å². The Morgan fingerprint density at radius 3 is 2.18 bits per heavy atom. The number of aryl methyl sites for hydroxylation is 1. The standard InChI is InChI=1S/C26H20N2O6/c1-16-3-6-19(7-4-16)26(32)34-22-12-5-17(14-23(22)33-2)13-20(15-27)24(29)28-21-10-8-18(9-11-21)25(30)31/h3-14H,1-2H3,(H,28,29)(H,30,31)/b20-13+. The van der Waals surface area contributed by atoms with Gasteiger partial charge in [-0.3, -0.25) is 4.79 Å². The number of hydrogen-bond acceptors (Lipinski definition) is 6. The van der Waals surface area contributed by atoms with Crippen molar-refractivity contribution in [2.24, 2.45) is 0 Å². The predicted octanol–water partition coefficient (Wildman–Crippen LogP) is 4.47. The van der Waals surface area contributed by atoms with Crippen LogP contribution in [0.5, 0.6) is 11.5 Å². The van der Waals surface area contributed by atoms with Crippen LogP contribution >= 0.6 is 0 Å². The highest BCUT2D eigenvalue weighted by Gasteiger charge is 2.14. The highest BCUT2D eigenvalue weighted by atomic mass is 16.6. The summed E-state index contributed by atoms with van der Waals surface area (Å²) in [5.74, 6) is -1.87. The lowest BCUT2D eigenvalue weighted by Gasteiger charge is -2.10. The van der Waals surface area contributed by atoms with E-state index in [1.54, 1.807) is 30.3 Å². The minimum absolute atomic E-state index is 0.0734. The van der Waals surface area contributed by atoms with E-state index in [1.807, 2.05) is 13.0 Å². The Balaban J connectivity index is 1.77. The monoisotopic (exact) mass is 456 g/mol. The van der Waals surface area contributed by atoms with Gasteiger partial charge in [-0.25, -0.2) is 9.59 Å². The molecule has 0 radical (unpaired) electrons. The zero-order chi connectivity index (χ0) is 24.7. The van der Waals surface area contributed by atoms with E-state index in [0.29, 0.717) is 16.8 Å². The molecule has 0 atom stereocenters. The number of rotatable bonds is 7. The fraction of sp³-hybridized carbons (Fsp3) is 0.0769. The van der Waals surface area contributed by atoms with Gasteiger partial charge in [-0.05, 0) is 67.1 Å². The van der Waals surface area contributed by atoms with E-state index in [9.17, 15) is 19.6 Å².